The van der Waals surface area contributed by atoms with Crippen LogP contribution in [0, 0.1) is 0 Å². The van der Waals surface area contributed by atoms with Crippen molar-refractivity contribution in [2.24, 2.45) is 4.99 Å². The predicted octanol–water partition coefficient (Wildman–Crippen LogP) is 5.10. The third-order valence-electron chi connectivity index (χ3n) is 6.08. The van der Waals surface area contributed by atoms with Crippen LogP contribution in [0.1, 0.15) is 31.9 Å². The summed E-state index contributed by atoms with van der Waals surface area (Å²) >= 11 is 6.80. The molecule has 0 unspecified atom stereocenters. The summed E-state index contributed by atoms with van der Waals surface area (Å²) in [6.45, 7) is 5.01. The van der Waals surface area contributed by atoms with Crippen molar-refractivity contribution in [1.29, 1.82) is 0 Å². The molecule has 0 bridgehead atoms. The minimum absolute atomic E-state index is 0.0000795. The normalized spacial score (nSPS) is 22.2. The zero-order valence-electron chi connectivity index (χ0n) is 21.7. The molecule has 2 saturated heterocycles. The van der Waals surface area contributed by atoms with Crippen molar-refractivity contribution in [3.63, 3.8) is 0 Å². The molecule has 4 rings (SSSR count). The molecule has 2 aliphatic heterocycles. The lowest BCUT2D eigenvalue weighted by Crippen LogP contribution is -2.45. The molecule has 0 aliphatic carbocycles. The van der Waals surface area contributed by atoms with E-state index in [0.717, 1.165) is 29.5 Å². The Kier molecular flexibility index (Phi) is 8.49. The number of alkyl halides is 3. The van der Waals surface area contributed by atoms with Crippen LogP contribution in [0.3, 0.4) is 0 Å². The number of amidine groups is 1. The molecule has 2 aliphatic rings. The number of hydrogen-bond donors (Lipinski definition) is 1. The number of aliphatic imine (C=N–C) groups is 1. The van der Waals surface area contributed by atoms with Crippen molar-refractivity contribution in [2.45, 2.75) is 56.3 Å². The van der Waals surface area contributed by atoms with Crippen LogP contribution in [0.4, 0.5) is 23.7 Å². The van der Waals surface area contributed by atoms with E-state index in [1.54, 1.807) is 51.1 Å². The number of anilines is 1. The van der Waals surface area contributed by atoms with Gasteiger partial charge in [0.2, 0.25) is 0 Å². The maximum Gasteiger partial charge on any atom is 0.417 e. The first-order chi connectivity index (χ1) is 18.5. The fourth-order valence-electron chi connectivity index (χ4n) is 4.42. The number of benzene rings is 2. The number of halogens is 4. The summed E-state index contributed by atoms with van der Waals surface area (Å²) in [6.07, 6.45) is -5.53. The quantitative estimate of drug-likeness (QED) is 0.498. The van der Waals surface area contributed by atoms with Gasteiger partial charge in [-0.2, -0.15) is 18.2 Å². The number of nitrogens with one attached hydrogen (secondary N) is 1. The molecule has 0 spiro atoms. The van der Waals surface area contributed by atoms with E-state index in [0.29, 0.717) is 0 Å². The maximum absolute atomic E-state index is 13.6. The number of ether oxygens (including phenoxy) is 1. The molecule has 3 atom stereocenters. The second kappa shape index (κ2) is 11.2. The summed E-state index contributed by atoms with van der Waals surface area (Å²) in [5.41, 5.74) is -1.20. The molecule has 8 nitrogen and oxygen atoms in total. The Hall–Kier alpha value is -2.77. The Bertz CT molecular complexity index is 1430. The molecule has 0 saturated carbocycles. The van der Waals surface area contributed by atoms with Crippen LogP contribution in [0.5, 0.6) is 0 Å². The highest BCUT2D eigenvalue weighted by Crippen LogP contribution is 2.43. The highest BCUT2D eigenvalue weighted by molar-refractivity contribution is 8.16. The van der Waals surface area contributed by atoms with Crippen LogP contribution in [0.15, 0.2) is 53.5 Å². The van der Waals surface area contributed by atoms with E-state index in [4.69, 9.17) is 16.3 Å². The summed E-state index contributed by atoms with van der Waals surface area (Å²) < 4.78 is 70.9. The number of nitrogens with zero attached hydrogens (tertiary/aromatic N) is 2. The van der Waals surface area contributed by atoms with Crippen molar-refractivity contribution in [3.05, 3.63) is 64.7 Å². The summed E-state index contributed by atoms with van der Waals surface area (Å²) in [4.78, 5) is 31.6. The van der Waals surface area contributed by atoms with E-state index in [1.165, 1.54) is 11.0 Å². The van der Waals surface area contributed by atoms with Gasteiger partial charge in [-0.3, -0.25) is 4.79 Å². The number of carbonyl (C=O) groups is 2. The van der Waals surface area contributed by atoms with Gasteiger partial charge in [-0.1, -0.05) is 53.7 Å². The number of sulfone groups is 1. The van der Waals surface area contributed by atoms with Gasteiger partial charge in [0.1, 0.15) is 11.6 Å². The van der Waals surface area contributed by atoms with Gasteiger partial charge in [0.25, 0.3) is 5.91 Å². The molecule has 0 aromatic heterocycles. The van der Waals surface area contributed by atoms with Crippen molar-refractivity contribution in [3.8, 4) is 0 Å². The summed E-state index contributed by atoms with van der Waals surface area (Å²) in [5, 5.41) is 1.51. The van der Waals surface area contributed by atoms with Gasteiger partial charge < -0.3 is 15.0 Å². The molecule has 2 aromatic rings. The van der Waals surface area contributed by atoms with Crippen LogP contribution >= 0.6 is 23.4 Å². The molecule has 2 heterocycles. The van der Waals surface area contributed by atoms with Gasteiger partial charge in [-0.05, 0) is 44.5 Å². The molecule has 0 radical (unpaired) electrons. The number of thioether (sulfide) groups is 1. The standard InChI is InChI=1S/C26H27ClF3N3O5S2/c1-25(2,3)38-24(35)31-19(11-15-7-5-4-6-8-15)22(34)32-23-33(20-13-40(36,37)14-21(20)39-23)16-9-10-18(27)17(12-16)26(28,29)30/h4-10,12,19-21H,11,13-14H2,1-3H3,(H,31,35)/t19-,20+,21-/m0/s1. The maximum atomic E-state index is 13.6. The number of alkyl carbamates (subject to hydrolysis) is 1. The van der Waals surface area contributed by atoms with Crippen molar-refractivity contribution in [2.75, 3.05) is 16.4 Å². The van der Waals surface area contributed by atoms with Crippen LogP contribution < -0.4 is 10.2 Å². The average Bonchev–Trinajstić information content (AvgIpc) is 3.28. The number of hydrogen-bond acceptors (Lipinski definition) is 6. The summed E-state index contributed by atoms with van der Waals surface area (Å²) in [5.74, 6) is -1.30. The smallest absolute Gasteiger partial charge is 0.417 e. The zero-order valence-corrected chi connectivity index (χ0v) is 24.1. The van der Waals surface area contributed by atoms with Crippen LogP contribution in [0.2, 0.25) is 5.02 Å². The van der Waals surface area contributed by atoms with Gasteiger partial charge in [-0.25, -0.2) is 13.2 Å². The monoisotopic (exact) mass is 617 g/mol. The van der Waals surface area contributed by atoms with Crippen LogP contribution in [-0.4, -0.2) is 60.0 Å². The lowest BCUT2D eigenvalue weighted by atomic mass is 10.1. The largest absolute Gasteiger partial charge is 0.444 e. The van der Waals surface area contributed by atoms with Crippen LogP contribution in [-0.2, 0) is 32.0 Å². The second-order valence-corrected chi connectivity index (χ2v) is 14.2. The molecule has 216 valence electrons. The Morgan fingerprint density at radius 2 is 1.82 bits per heavy atom. The van der Waals surface area contributed by atoms with E-state index >= 15 is 0 Å². The van der Waals surface area contributed by atoms with Crippen molar-refractivity contribution < 1.29 is 35.9 Å². The highest BCUT2D eigenvalue weighted by Gasteiger charge is 2.50. The van der Waals surface area contributed by atoms with Crippen molar-refractivity contribution in [1.82, 2.24) is 5.32 Å². The molecule has 2 aromatic carbocycles. The fraction of sp³-hybridized carbons (Fsp3) is 0.423. The van der Waals surface area contributed by atoms with Gasteiger partial charge in [0.15, 0.2) is 15.0 Å². The molecule has 14 heteroatoms. The molecule has 2 fully saturated rings. The molecule has 1 N–H and O–H groups in total. The Morgan fingerprint density at radius 1 is 1.15 bits per heavy atom. The molecule has 2 amide bonds. The highest BCUT2D eigenvalue weighted by atomic mass is 35.5. The van der Waals surface area contributed by atoms with E-state index in [2.05, 4.69) is 10.3 Å². The van der Waals surface area contributed by atoms with E-state index in [9.17, 15) is 31.2 Å². The zero-order chi connectivity index (χ0) is 29.5. The minimum Gasteiger partial charge on any atom is -0.444 e. The van der Waals surface area contributed by atoms with E-state index in [1.807, 2.05) is 0 Å². The summed E-state index contributed by atoms with van der Waals surface area (Å²) in [6, 6.07) is 10.2. The third-order valence-corrected chi connectivity index (χ3v) is 9.62. The molecular formula is C26H27ClF3N3O5S2. The Morgan fingerprint density at radius 3 is 2.45 bits per heavy atom. The SMILES string of the molecule is CC(C)(C)OC(=O)N[C@@H](Cc1ccccc1)C(=O)N=C1S[C@H]2CS(=O)(=O)C[C@H]2N1c1ccc(Cl)c(C(F)(F)F)c1. The number of amides is 2. The van der Waals surface area contributed by atoms with E-state index < -0.39 is 61.5 Å². The third kappa shape index (κ3) is 7.29. The lowest BCUT2D eigenvalue weighted by molar-refractivity contribution is -0.137. The topological polar surface area (TPSA) is 105 Å². The number of carbonyl (C=O) groups excluding carboxylic acids is 2. The summed E-state index contributed by atoms with van der Waals surface area (Å²) in [7, 11) is -3.46. The second-order valence-electron chi connectivity index (χ2n) is 10.5. The fourth-order valence-corrected chi connectivity index (χ4v) is 8.56. The van der Waals surface area contributed by atoms with Crippen LogP contribution in [0.25, 0.3) is 0 Å². The minimum atomic E-state index is -4.76. The average molecular weight is 618 g/mol. The number of fused-ring (bicyclic) bond motifs is 1. The first kappa shape index (κ1) is 30.2. The molecular weight excluding hydrogens is 591 g/mol. The Balaban J connectivity index is 1.71. The lowest BCUT2D eigenvalue weighted by Gasteiger charge is -2.26. The van der Waals surface area contributed by atoms with Crippen molar-refractivity contribution >= 4 is 56.1 Å². The Labute approximate surface area is 239 Å². The van der Waals surface area contributed by atoms with Gasteiger partial charge in [-0.15, -0.1) is 0 Å². The number of rotatable bonds is 5. The van der Waals surface area contributed by atoms with Gasteiger partial charge in [0.05, 0.1) is 28.1 Å². The van der Waals surface area contributed by atoms with Gasteiger partial charge >= 0.3 is 12.3 Å². The van der Waals surface area contributed by atoms with Gasteiger partial charge in [0, 0.05) is 17.4 Å². The first-order valence-electron chi connectivity index (χ1n) is 12.2. The predicted molar refractivity (Wildman–Crippen MR) is 148 cm³/mol. The molecule has 40 heavy (non-hydrogen) atoms. The first-order valence-corrected chi connectivity index (χ1v) is 15.3. The van der Waals surface area contributed by atoms with E-state index in [-0.39, 0.29) is 28.8 Å².